The van der Waals surface area contributed by atoms with Crippen molar-refractivity contribution >= 4 is 11.6 Å². The molecule has 0 saturated carbocycles. The van der Waals surface area contributed by atoms with E-state index in [1.54, 1.807) is 0 Å². The summed E-state index contributed by atoms with van der Waals surface area (Å²) in [5, 5.41) is 0. The Balaban J connectivity index is 2.79. The lowest BCUT2D eigenvalue weighted by Crippen LogP contribution is -2.16. The number of ketones is 2. The first kappa shape index (κ1) is 11.4. The Kier molecular flexibility index (Phi) is 3.60. The fraction of sp³-hybridized carbons (Fsp3) is 0.200. The molecule has 15 heavy (non-hydrogen) atoms. The van der Waals surface area contributed by atoms with Crippen LogP contribution in [0.3, 0.4) is 0 Å². The van der Waals surface area contributed by atoms with E-state index < -0.39 is 30.2 Å². The molecule has 0 spiro atoms. The van der Waals surface area contributed by atoms with Crippen molar-refractivity contribution < 1.29 is 22.8 Å². The number of hydrogen-bond acceptors (Lipinski definition) is 2. The van der Waals surface area contributed by atoms with Crippen molar-refractivity contribution in [2.45, 2.75) is 12.8 Å². The summed E-state index contributed by atoms with van der Waals surface area (Å²) in [5.41, 5.74) is -0.341. The van der Waals surface area contributed by atoms with Gasteiger partial charge in [0.1, 0.15) is 5.82 Å². The van der Waals surface area contributed by atoms with Gasteiger partial charge in [-0.2, -0.15) is 0 Å². The van der Waals surface area contributed by atoms with Crippen LogP contribution in [0.4, 0.5) is 13.2 Å². The van der Waals surface area contributed by atoms with Gasteiger partial charge in [-0.1, -0.05) is 12.1 Å². The summed E-state index contributed by atoms with van der Waals surface area (Å²) in [7, 11) is 0. The Morgan fingerprint density at radius 1 is 1.20 bits per heavy atom. The molecule has 5 heteroatoms. The molecule has 0 atom stereocenters. The van der Waals surface area contributed by atoms with Crippen LogP contribution in [-0.4, -0.2) is 18.0 Å². The summed E-state index contributed by atoms with van der Waals surface area (Å²) in [6.07, 6.45) is -4.17. The topological polar surface area (TPSA) is 34.1 Å². The summed E-state index contributed by atoms with van der Waals surface area (Å²) < 4.78 is 36.6. The highest BCUT2D eigenvalue weighted by atomic mass is 19.3. The van der Waals surface area contributed by atoms with Crippen LogP contribution in [0.25, 0.3) is 0 Å². The molecular weight excluding hydrogens is 209 g/mol. The molecule has 0 N–H and O–H groups in total. The first-order chi connectivity index (χ1) is 7.02. The maximum Gasteiger partial charge on any atom is 0.296 e. The lowest BCUT2D eigenvalue weighted by Gasteiger charge is -2.01. The standard InChI is InChI=1S/C10H7F3O2/c11-7-4-2-1-3-6(7)8(14)5-9(15)10(12)13/h1-4,10H,5H2. The third-order valence-electron chi connectivity index (χ3n) is 1.75. The molecule has 1 aromatic carbocycles. The zero-order chi connectivity index (χ0) is 11.4. The van der Waals surface area contributed by atoms with Crippen LogP contribution in [-0.2, 0) is 4.79 Å². The van der Waals surface area contributed by atoms with Gasteiger partial charge in [0, 0.05) is 0 Å². The molecule has 0 aliphatic heterocycles. The van der Waals surface area contributed by atoms with Gasteiger partial charge >= 0.3 is 0 Å². The van der Waals surface area contributed by atoms with E-state index in [2.05, 4.69) is 0 Å². The fourth-order valence-electron chi connectivity index (χ4n) is 1.02. The first-order valence-electron chi connectivity index (χ1n) is 4.11. The van der Waals surface area contributed by atoms with Crippen LogP contribution < -0.4 is 0 Å². The molecule has 0 fully saturated rings. The lowest BCUT2D eigenvalue weighted by atomic mass is 10.1. The number of Topliss-reactive ketones (excluding diaryl/α,β-unsaturated/α-hetero) is 2. The molecule has 0 aliphatic rings. The second-order valence-electron chi connectivity index (χ2n) is 2.85. The number of hydrogen-bond donors (Lipinski definition) is 0. The number of halogens is 3. The van der Waals surface area contributed by atoms with Crippen LogP contribution in [0, 0.1) is 5.82 Å². The summed E-state index contributed by atoms with van der Waals surface area (Å²) >= 11 is 0. The average molecular weight is 216 g/mol. The third-order valence-corrected chi connectivity index (χ3v) is 1.75. The van der Waals surface area contributed by atoms with Gasteiger partial charge in [0.2, 0.25) is 5.78 Å². The van der Waals surface area contributed by atoms with Gasteiger partial charge in [-0.3, -0.25) is 9.59 Å². The number of alkyl halides is 2. The number of carbonyl (C=O) groups excluding carboxylic acids is 2. The quantitative estimate of drug-likeness (QED) is 0.571. The highest BCUT2D eigenvalue weighted by molar-refractivity contribution is 6.08. The lowest BCUT2D eigenvalue weighted by molar-refractivity contribution is -0.128. The maximum absolute atomic E-state index is 13.0. The maximum atomic E-state index is 13.0. The van der Waals surface area contributed by atoms with Crippen molar-refractivity contribution in [2.24, 2.45) is 0 Å². The fourth-order valence-corrected chi connectivity index (χ4v) is 1.02. The second-order valence-corrected chi connectivity index (χ2v) is 2.85. The van der Waals surface area contributed by atoms with E-state index in [1.165, 1.54) is 12.1 Å². The van der Waals surface area contributed by atoms with Gasteiger partial charge < -0.3 is 0 Å². The van der Waals surface area contributed by atoms with Crippen molar-refractivity contribution in [1.29, 1.82) is 0 Å². The van der Waals surface area contributed by atoms with Gasteiger partial charge in [0.25, 0.3) is 6.43 Å². The molecule has 0 aliphatic carbocycles. The Hall–Kier alpha value is -1.65. The van der Waals surface area contributed by atoms with Gasteiger partial charge in [0.05, 0.1) is 12.0 Å². The zero-order valence-corrected chi connectivity index (χ0v) is 7.54. The van der Waals surface area contributed by atoms with Crippen LogP contribution in [0.1, 0.15) is 16.8 Å². The highest BCUT2D eigenvalue weighted by Gasteiger charge is 2.21. The van der Waals surface area contributed by atoms with Gasteiger partial charge in [0.15, 0.2) is 5.78 Å². The van der Waals surface area contributed by atoms with E-state index in [-0.39, 0.29) is 5.56 Å². The van der Waals surface area contributed by atoms with E-state index >= 15 is 0 Å². The van der Waals surface area contributed by atoms with Gasteiger partial charge in [-0.15, -0.1) is 0 Å². The average Bonchev–Trinajstić information content (AvgIpc) is 2.18. The Labute approximate surface area is 83.7 Å². The molecule has 0 amide bonds. The minimum atomic E-state index is -3.19. The monoisotopic (exact) mass is 216 g/mol. The van der Waals surface area contributed by atoms with Crippen molar-refractivity contribution in [3.8, 4) is 0 Å². The predicted molar refractivity (Wildman–Crippen MR) is 46.4 cm³/mol. The normalized spacial score (nSPS) is 10.4. The smallest absolute Gasteiger partial charge is 0.294 e. The molecule has 1 rings (SSSR count). The predicted octanol–water partition coefficient (Wildman–Crippen LogP) is 2.23. The Bertz CT molecular complexity index is 388. The van der Waals surface area contributed by atoms with Crippen molar-refractivity contribution in [3.05, 3.63) is 35.6 Å². The number of carbonyl (C=O) groups is 2. The Morgan fingerprint density at radius 2 is 1.80 bits per heavy atom. The van der Waals surface area contributed by atoms with Crippen molar-refractivity contribution in [3.63, 3.8) is 0 Å². The van der Waals surface area contributed by atoms with Crippen LogP contribution in [0.5, 0.6) is 0 Å². The van der Waals surface area contributed by atoms with E-state index in [1.807, 2.05) is 0 Å². The molecule has 0 aromatic heterocycles. The first-order valence-corrected chi connectivity index (χ1v) is 4.11. The highest BCUT2D eigenvalue weighted by Crippen LogP contribution is 2.10. The molecule has 0 bridgehead atoms. The summed E-state index contributed by atoms with van der Waals surface area (Å²) in [6.45, 7) is 0. The van der Waals surface area contributed by atoms with Crippen LogP contribution >= 0.6 is 0 Å². The molecule has 1 aromatic rings. The van der Waals surface area contributed by atoms with Crippen molar-refractivity contribution in [1.82, 2.24) is 0 Å². The SMILES string of the molecule is O=C(CC(=O)C(F)F)c1ccccc1F. The molecule has 0 saturated heterocycles. The Morgan fingerprint density at radius 3 is 2.33 bits per heavy atom. The number of benzene rings is 1. The van der Waals surface area contributed by atoms with Crippen molar-refractivity contribution in [2.75, 3.05) is 0 Å². The van der Waals surface area contributed by atoms with Crippen LogP contribution in [0.15, 0.2) is 24.3 Å². The minimum Gasteiger partial charge on any atom is -0.294 e. The largest absolute Gasteiger partial charge is 0.296 e. The van der Waals surface area contributed by atoms with E-state index in [0.717, 1.165) is 12.1 Å². The molecule has 0 radical (unpaired) electrons. The van der Waals surface area contributed by atoms with Gasteiger partial charge in [-0.25, -0.2) is 13.2 Å². The van der Waals surface area contributed by atoms with Gasteiger partial charge in [-0.05, 0) is 12.1 Å². The zero-order valence-electron chi connectivity index (χ0n) is 7.54. The van der Waals surface area contributed by atoms with Crippen LogP contribution in [0.2, 0.25) is 0 Å². The van der Waals surface area contributed by atoms with E-state index in [9.17, 15) is 22.8 Å². The number of rotatable bonds is 4. The summed E-state index contributed by atoms with van der Waals surface area (Å²) in [6, 6.07) is 4.93. The molecule has 80 valence electrons. The molecule has 2 nitrogen and oxygen atoms in total. The third kappa shape index (κ3) is 2.90. The second kappa shape index (κ2) is 4.72. The van der Waals surface area contributed by atoms with E-state index in [4.69, 9.17) is 0 Å². The van der Waals surface area contributed by atoms with E-state index in [0.29, 0.717) is 0 Å². The minimum absolute atomic E-state index is 0.341. The summed E-state index contributed by atoms with van der Waals surface area (Å²) in [5.74, 6) is -3.24. The molecule has 0 heterocycles. The molecule has 0 unspecified atom stereocenters. The molecular formula is C10H7F3O2. The summed E-state index contributed by atoms with van der Waals surface area (Å²) in [4.78, 5) is 21.7.